The number of aromatic hydroxyl groups is 2. The predicted octanol–water partition coefficient (Wildman–Crippen LogP) is 8.61. The summed E-state index contributed by atoms with van der Waals surface area (Å²) >= 11 is 11.6. The molecule has 0 saturated carbocycles. The quantitative estimate of drug-likeness (QED) is 0.148. The van der Waals surface area contributed by atoms with Crippen LogP contribution in [0.1, 0.15) is 11.1 Å². The van der Waals surface area contributed by atoms with E-state index in [1.165, 1.54) is 0 Å². The van der Waals surface area contributed by atoms with Crippen LogP contribution < -0.4 is 12.4 Å². The molecule has 0 spiro atoms. The normalized spacial score (nSPS) is 10.2. The second kappa shape index (κ2) is 15.5. The Morgan fingerprint density at radius 1 is 0.605 bits per heavy atom. The lowest BCUT2D eigenvalue weighted by Gasteiger charge is -2.03. The van der Waals surface area contributed by atoms with Gasteiger partial charge in [-0.2, -0.15) is 5.11 Å². The number of benzene rings is 6. The Labute approximate surface area is 265 Å². The Kier molecular flexibility index (Phi) is 11.9. The topological polar surface area (TPSA) is 93.3 Å². The third-order valence-electron chi connectivity index (χ3n) is 6.34. The van der Waals surface area contributed by atoms with Crippen molar-refractivity contribution in [3.63, 3.8) is 0 Å². The monoisotopic (exact) mass is 628 g/mol. The molecular formula is C34H27Cl3N4O2. The van der Waals surface area contributed by atoms with Crippen LogP contribution >= 0.6 is 23.2 Å². The molecule has 0 saturated heterocycles. The number of azo groups is 1. The van der Waals surface area contributed by atoms with E-state index in [0.717, 1.165) is 38.4 Å². The number of phenols is 2. The van der Waals surface area contributed by atoms with Crippen LogP contribution in [0.2, 0.25) is 10.0 Å². The maximum Gasteiger partial charge on any atom is 0.388 e. The van der Waals surface area contributed by atoms with Gasteiger partial charge >= 0.3 is 5.69 Å². The van der Waals surface area contributed by atoms with Crippen LogP contribution in [0.5, 0.6) is 11.5 Å². The zero-order valence-electron chi connectivity index (χ0n) is 23.3. The molecule has 0 bridgehead atoms. The summed E-state index contributed by atoms with van der Waals surface area (Å²) < 4.78 is 0. The molecule has 9 heteroatoms. The highest BCUT2D eigenvalue weighted by atomic mass is 35.5. The molecule has 0 amide bonds. The fraction of sp³-hybridized carbons (Fsp3) is 0.0588. The number of hydrogen-bond donors (Lipinski definition) is 2. The van der Waals surface area contributed by atoms with Gasteiger partial charge in [-0.05, 0) is 72.6 Å². The highest BCUT2D eigenvalue weighted by Crippen LogP contribution is 2.36. The van der Waals surface area contributed by atoms with E-state index in [9.17, 15) is 10.2 Å². The van der Waals surface area contributed by atoms with E-state index >= 15 is 0 Å². The summed E-state index contributed by atoms with van der Waals surface area (Å²) in [4.78, 5) is 3.05. The Bertz CT molecular complexity index is 1930. The second-order valence-electron chi connectivity index (χ2n) is 9.31. The van der Waals surface area contributed by atoms with Crippen molar-refractivity contribution in [2.45, 2.75) is 13.8 Å². The van der Waals surface area contributed by atoms with E-state index in [1.807, 2.05) is 86.6 Å². The third kappa shape index (κ3) is 8.67. The largest absolute Gasteiger partial charge is 1.00 e. The number of phenolic OH excluding ortho intramolecular Hbond substituents is 2. The molecule has 0 aliphatic heterocycles. The lowest BCUT2D eigenvalue weighted by atomic mass is 10.1. The highest BCUT2D eigenvalue weighted by Gasteiger charge is 2.08. The van der Waals surface area contributed by atoms with E-state index in [2.05, 4.69) is 15.2 Å². The number of fused-ring (bicyclic) bond motifs is 2. The minimum Gasteiger partial charge on any atom is -1.00 e. The average molecular weight is 630 g/mol. The molecular weight excluding hydrogens is 603 g/mol. The molecule has 6 rings (SSSR count). The summed E-state index contributed by atoms with van der Waals surface area (Å²) in [6, 6.07) is 35.1. The first-order chi connectivity index (χ1) is 20.3. The molecule has 6 aromatic carbocycles. The van der Waals surface area contributed by atoms with Crippen molar-refractivity contribution in [2.24, 2.45) is 10.2 Å². The van der Waals surface area contributed by atoms with Crippen LogP contribution in [0.25, 0.3) is 26.5 Å². The number of halogens is 3. The van der Waals surface area contributed by atoms with E-state index in [0.29, 0.717) is 27.2 Å². The summed E-state index contributed by atoms with van der Waals surface area (Å²) in [5.74, 6) is 0.492. The molecule has 0 atom stereocenters. The summed E-state index contributed by atoms with van der Waals surface area (Å²) in [6.07, 6.45) is 0. The van der Waals surface area contributed by atoms with Gasteiger partial charge in [0.2, 0.25) is 5.39 Å². The first kappa shape index (κ1) is 32.8. The molecule has 216 valence electrons. The SMILES string of the molecule is Cc1cc(Cl)ccc1N=Nc1ccc2ccccc2c1O.Cc1cc(Cl)ccc1[N+]#N.Oc1cccc2ccccc12.[Cl-]. The molecule has 0 aromatic heterocycles. The van der Waals surface area contributed by atoms with Gasteiger partial charge in [-0.15, -0.1) is 5.11 Å². The van der Waals surface area contributed by atoms with Crippen molar-refractivity contribution in [1.82, 2.24) is 0 Å². The summed E-state index contributed by atoms with van der Waals surface area (Å²) in [5, 5.41) is 41.4. The van der Waals surface area contributed by atoms with Gasteiger partial charge in [-0.1, -0.05) is 89.9 Å². The Balaban J connectivity index is 0.000000194. The Morgan fingerprint density at radius 3 is 1.77 bits per heavy atom. The zero-order chi connectivity index (χ0) is 30.1. The molecule has 0 heterocycles. The van der Waals surface area contributed by atoms with E-state index in [1.54, 1.807) is 42.5 Å². The average Bonchev–Trinajstić information content (AvgIpc) is 2.99. The lowest BCUT2D eigenvalue weighted by molar-refractivity contribution is -0.0000103. The summed E-state index contributed by atoms with van der Waals surface area (Å²) in [6.45, 7) is 3.75. The zero-order valence-corrected chi connectivity index (χ0v) is 25.6. The van der Waals surface area contributed by atoms with Gasteiger partial charge in [0.25, 0.3) is 0 Å². The van der Waals surface area contributed by atoms with Gasteiger partial charge in [0.15, 0.2) is 10.7 Å². The highest BCUT2D eigenvalue weighted by molar-refractivity contribution is 6.31. The first-order valence-electron chi connectivity index (χ1n) is 12.9. The molecule has 6 nitrogen and oxygen atoms in total. The number of rotatable bonds is 2. The van der Waals surface area contributed by atoms with E-state index in [-0.39, 0.29) is 18.2 Å². The first-order valence-corrected chi connectivity index (χ1v) is 13.7. The van der Waals surface area contributed by atoms with Crippen LogP contribution in [-0.2, 0) is 0 Å². The molecule has 0 unspecified atom stereocenters. The molecule has 0 radical (unpaired) electrons. The second-order valence-corrected chi connectivity index (χ2v) is 10.2. The predicted molar refractivity (Wildman–Crippen MR) is 173 cm³/mol. The van der Waals surface area contributed by atoms with Gasteiger partial charge in [-0.25, -0.2) is 0 Å². The maximum absolute atomic E-state index is 10.3. The van der Waals surface area contributed by atoms with Crippen LogP contribution in [0.4, 0.5) is 17.1 Å². The molecule has 0 aliphatic carbocycles. The van der Waals surface area contributed by atoms with Crippen molar-refractivity contribution in [3.05, 3.63) is 141 Å². The summed E-state index contributed by atoms with van der Waals surface area (Å²) in [5.41, 5.74) is 3.54. The van der Waals surface area contributed by atoms with Gasteiger partial charge in [0.05, 0.1) is 5.69 Å². The molecule has 0 fully saturated rings. The van der Waals surface area contributed by atoms with Crippen molar-refractivity contribution >= 4 is 61.8 Å². The van der Waals surface area contributed by atoms with Crippen LogP contribution in [0.15, 0.2) is 125 Å². The lowest BCUT2D eigenvalue weighted by Crippen LogP contribution is -3.00. The van der Waals surface area contributed by atoms with Gasteiger partial charge in [0.1, 0.15) is 11.4 Å². The van der Waals surface area contributed by atoms with Crippen molar-refractivity contribution in [2.75, 3.05) is 0 Å². The van der Waals surface area contributed by atoms with Crippen molar-refractivity contribution in [3.8, 4) is 11.5 Å². The molecule has 2 N–H and O–H groups in total. The smallest absolute Gasteiger partial charge is 0.388 e. The third-order valence-corrected chi connectivity index (χ3v) is 6.81. The number of hydrogen-bond acceptors (Lipinski definition) is 5. The van der Waals surface area contributed by atoms with Gasteiger partial charge in [-0.3, -0.25) is 0 Å². The molecule has 43 heavy (non-hydrogen) atoms. The minimum absolute atomic E-state index is 0. The fourth-order valence-electron chi connectivity index (χ4n) is 4.10. The van der Waals surface area contributed by atoms with Gasteiger partial charge in [0, 0.05) is 32.4 Å². The molecule has 0 aliphatic rings. The minimum atomic E-state index is 0. The standard InChI is InChI=1S/C17H13ClN2O.C10H8O.C7H6ClN2.ClH/c1-11-10-13(18)7-9-15(11)19-20-16-8-6-12-4-2-3-5-14(12)17(16)21;11-10-7-3-5-8-4-1-2-6-9(8)10;1-5-4-6(8)2-3-7(5)10-9;/h2-10,21H,1H3;1-7,11H;2-4H,1H3;1H/q;;+1;/p-1. The molecule has 6 aromatic rings. The van der Waals surface area contributed by atoms with Crippen LogP contribution in [-0.4, -0.2) is 10.2 Å². The number of nitrogens with zero attached hydrogens (tertiary/aromatic N) is 4. The summed E-state index contributed by atoms with van der Waals surface area (Å²) in [7, 11) is 0. The Morgan fingerprint density at radius 2 is 1.14 bits per heavy atom. The van der Waals surface area contributed by atoms with E-state index < -0.39 is 0 Å². The number of aryl methyl sites for hydroxylation is 2. The fourth-order valence-corrected chi connectivity index (χ4v) is 4.56. The van der Waals surface area contributed by atoms with Crippen LogP contribution in [0, 0.1) is 19.2 Å². The van der Waals surface area contributed by atoms with Crippen LogP contribution in [0.3, 0.4) is 0 Å². The maximum atomic E-state index is 10.3. The van der Waals surface area contributed by atoms with Crippen molar-refractivity contribution < 1.29 is 22.6 Å². The number of diazo groups is 1. The van der Waals surface area contributed by atoms with Gasteiger partial charge < -0.3 is 22.6 Å². The Hall–Kier alpha value is -4.67. The van der Waals surface area contributed by atoms with Crippen molar-refractivity contribution in [1.29, 1.82) is 5.39 Å². The van der Waals surface area contributed by atoms with E-state index in [4.69, 9.17) is 28.6 Å².